The normalized spacial score (nSPS) is 11.5. The lowest BCUT2D eigenvalue weighted by Crippen LogP contribution is -2.02. The lowest BCUT2D eigenvalue weighted by molar-refractivity contribution is -0.0328. The summed E-state index contributed by atoms with van der Waals surface area (Å²) >= 11 is 2.73. The average Bonchev–Trinajstić information content (AvgIpc) is 2.14. The lowest BCUT2D eigenvalue weighted by Gasteiger charge is -2.06. The first-order valence-electron chi connectivity index (χ1n) is 3.87. The Balaban J connectivity index is 2.88. The molecular formula is C9H6BrF3OS. The zero-order chi connectivity index (χ0) is 11.5. The molecule has 1 nitrogen and oxygen atoms in total. The van der Waals surface area contributed by atoms with Crippen LogP contribution in [0.25, 0.3) is 0 Å². The van der Waals surface area contributed by atoms with E-state index in [0.717, 1.165) is 0 Å². The van der Waals surface area contributed by atoms with Crippen molar-refractivity contribution >= 4 is 33.5 Å². The number of halogens is 4. The van der Waals surface area contributed by atoms with Gasteiger partial charge >= 0.3 is 5.51 Å². The number of ketones is 1. The summed E-state index contributed by atoms with van der Waals surface area (Å²) in [5.74, 6) is -0.236. The smallest absolute Gasteiger partial charge is 0.293 e. The summed E-state index contributed by atoms with van der Waals surface area (Å²) in [6.07, 6.45) is 0. The van der Waals surface area contributed by atoms with Crippen molar-refractivity contribution < 1.29 is 18.0 Å². The molecule has 1 rings (SSSR count). The molecule has 15 heavy (non-hydrogen) atoms. The summed E-state index contributed by atoms with van der Waals surface area (Å²) in [5, 5.41) is 0.104. The third kappa shape index (κ3) is 4.25. The van der Waals surface area contributed by atoms with Crippen molar-refractivity contribution in [3.8, 4) is 0 Å². The molecule has 1 aromatic carbocycles. The van der Waals surface area contributed by atoms with Crippen LogP contribution < -0.4 is 0 Å². The molecule has 82 valence electrons. The summed E-state index contributed by atoms with van der Waals surface area (Å²) in [5.41, 5.74) is -4.04. The standard InChI is InChI=1S/C9H6BrF3OS/c10-5-8(14)6-2-1-3-7(4-6)15-9(11,12)13/h1-4H,5H2. The molecule has 0 aliphatic rings. The van der Waals surface area contributed by atoms with Gasteiger partial charge in [-0.1, -0.05) is 28.1 Å². The minimum atomic E-state index is -4.32. The Labute approximate surface area is 97.2 Å². The van der Waals surface area contributed by atoms with Crippen molar-refractivity contribution in [1.82, 2.24) is 0 Å². The molecule has 0 amide bonds. The van der Waals surface area contributed by atoms with Crippen LogP contribution in [0.3, 0.4) is 0 Å². The number of carbonyl (C=O) groups excluding carboxylic acids is 1. The Bertz CT molecular complexity index is 365. The monoisotopic (exact) mass is 298 g/mol. The third-order valence-electron chi connectivity index (χ3n) is 1.51. The Hall–Kier alpha value is -0.490. The number of Topliss-reactive ketones (excluding diaryl/α,β-unsaturated/α-hetero) is 1. The van der Waals surface area contributed by atoms with Crippen molar-refractivity contribution in [3.05, 3.63) is 29.8 Å². The van der Waals surface area contributed by atoms with E-state index in [4.69, 9.17) is 0 Å². The summed E-state index contributed by atoms with van der Waals surface area (Å²) < 4.78 is 36.1. The van der Waals surface area contributed by atoms with E-state index in [-0.39, 0.29) is 33.3 Å². The van der Waals surface area contributed by atoms with E-state index >= 15 is 0 Å². The number of carbonyl (C=O) groups is 1. The van der Waals surface area contributed by atoms with Gasteiger partial charge in [0.1, 0.15) is 0 Å². The fraction of sp³-hybridized carbons (Fsp3) is 0.222. The molecule has 0 fully saturated rings. The van der Waals surface area contributed by atoms with Gasteiger partial charge in [0.25, 0.3) is 0 Å². The van der Waals surface area contributed by atoms with Gasteiger partial charge in [-0.05, 0) is 23.9 Å². The Morgan fingerprint density at radius 2 is 2.07 bits per heavy atom. The van der Waals surface area contributed by atoms with Gasteiger partial charge in [-0.3, -0.25) is 4.79 Å². The number of thioether (sulfide) groups is 1. The maximum Gasteiger partial charge on any atom is 0.446 e. The summed E-state index contributed by atoms with van der Waals surface area (Å²) in [4.78, 5) is 11.2. The van der Waals surface area contributed by atoms with Crippen molar-refractivity contribution in [2.75, 3.05) is 5.33 Å². The molecule has 1 aromatic rings. The second kappa shape index (κ2) is 5.03. The van der Waals surface area contributed by atoms with Crippen LogP contribution in [0, 0.1) is 0 Å². The third-order valence-corrected chi connectivity index (χ3v) is 2.74. The van der Waals surface area contributed by atoms with Crippen LogP contribution in [-0.4, -0.2) is 16.6 Å². The number of rotatable bonds is 3. The molecule has 0 unspecified atom stereocenters. The highest BCUT2D eigenvalue weighted by atomic mass is 79.9. The molecule has 0 aromatic heterocycles. The lowest BCUT2D eigenvalue weighted by atomic mass is 10.2. The largest absolute Gasteiger partial charge is 0.446 e. The highest BCUT2D eigenvalue weighted by Gasteiger charge is 2.29. The fourth-order valence-electron chi connectivity index (χ4n) is 0.944. The van der Waals surface area contributed by atoms with Crippen LogP contribution in [0.2, 0.25) is 0 Å². The van der Waals surface area contributed by atoms with Crippen LogP contribution >= 0.6 is 27.7 Å². The van der Waals surface area contributed by atoms with E-state index in [9.17, 15) is 18.0 Å². The molecule has 0 radical (unpaired) electrons. The zero-order valence-electron chi connectivity index (χ0n) is 7.34. The van der Waals surface area contributed by atoms with Crippen molar-refractivity contribution in [1.29, 1.82) is 0 Å². The van der Waals surface area contributed by atoms with Gasteiger partial charge in [0, 0.05) is 10.5 Å². The van der Waals surface area contributed by atoms with Gasteiger partial charge in [0.15, 0.2) is 5.78 Å². The van der Waals surface area contributed by atoms with Gasteiger partial charge in [-0.15, -0.1) is 0 Å². The Morgan fingerprint density at radius 3 is 2.60 bits per heavy atom. The zero-order valence-corrected chi connectivity index (χ0v) is 9.75. The molecule has 0 spiro atoms. The number of benzene rings is 1. The molecule has 0 aliphatic carbocycles. The fourth-order valence-corrected chi connectivity index (χ4v) is 1.87. The molecule has 0 saturated heterocycles. The van der Waals surface area contributed by atoms with Crippen molar-refractivity contribution in [2.45, 2.75) is 10.4 Å². The first kappa shape index (κ1) is 12.6. The number of alkyl halides is 4. The van der Waals surface area contributed by atoms with Crippen LogP contribution in [0.5, 0.6) is 0 Å². The molecule has 0 aliphatic heterocycles. The van der Waals surface area contributed by atoms with E-state index in [1.807, 2.05) is 0 Å². The predicted octanol–water partition coefficient (Wildman–Crippen LogP) is 3.88. The van der Waals surface area contributed by atoms with E-state index < -0.39 is 5.51 Å². The molecule has 0 saturated carbocycles. The van der Waals surface area contributed by atoms with Gasteiger partial charge in [0.2, 0.25) is 0 Å². The number of hydrogen-bond donors (Lipinski definition) is 0. The first-order chi connectivity index (χ1) is 6.92. The van der Waals surface area contributed by atoms with Gasteiger partial charge in [-0.2, -0.15) is 13.2 Å². The maximum absolute atomic E-state index is 12.0. The molecule has 0 atom stereocenters. The second-order valence-corrected chi connectivity index (χ2v) is 4.33. The van der Waals surface area contributed by atoms with Crippen LogP contribution in [0.4, 0.5) is 13.2 Å². The van der Waals surface area contributed by atoms with E-state index in [1.54, 1.807) is 0 Å². The Kier molecular flexibility index (Phi) is 4.21. The molecule has 0 bridgehead atoms. The van der Waals surface area contributed by atoms with E-state index in [2.05, 4.69) is 15.9 Å². The highest BCUT2D eigenvalue weighted by Crippen LogP contribution is 2.36. The summed E-state index contributed by atoms with van der Waals surface area (Å²) in [6, 6.07) is 5.49. The first-order valence-corrected chi connectivity index (χ1v) is 5.81. The van der Waals surface area contributed by atoms with Gasteiger partial charge in [0.05, 0.1) is 5.33 Å². The maximum atomic E-state index is 12.0. The van der Waals surface area contributed by atoms with Crippen molar-refractivity contribution in [3.63, 3.8) is 0 Å². The van der Waals surface area contributed by atoms with Crippen LogP contribution in [0.15, 0.2) is 29.2 Å². The van der Waals surface area contributed by atoms with Gasteiger partial charge < -0.3 is 0 Å². The highest BCUT2D eigenvalue weighted by molar-refractivity contribution is 9.09. The minimum Gasteiger partial charge on any atom is -0.293 e. The van der Waals surface area contributed by atoms with Gasteiger partial charge in [-0.25, -0.2) is 0 Å². The Morgan fingerprint density at radius 1 is 1.40 bits per heavy atom. The topological polar surface area (TPSA) is 17.1 Å². The quantitative estimate of drug-likeness (QED) is 0.479. The van der Waals surface area contributed by atoms with Crippen molar-refractivity contribution in [2.24, 2.45) is 0 Å². The number of hydrogen-bond acceptors (Lipinski definition) is 2. The van der Waals surface area contributed by atoms with Crippen LogP contribution in [-0.2, 0) is 0 Å². The molecular weight excluding hydrogens is 293 g/mol. The van der Waals surface area contributed by atoms with E-state index in [1.165, 1.54) is 24.3 Å². The molecule has 6 heteroatoms. The molecule has 0 N–H and O–H groups in total. The average molecular weight is 299 g/mol. The summed E-state index contributed by atoms with van der Waals surface area (Å²) in [6.45, 7) is 0. The predicted molar refractivity (Wildman–Crippen MR) is 56.5 cm³/mol. The minimum absolute atomic E-state index is 0.0225. The summed E-state index contributed by atoms with van der Waals surface area (Å²) in [7, 11) is 0. The van der Waals surface area contributed by atoms with Crippen LogP contribution in [0.1, 0.15) is 10.4 Å². The second-order valence-electron chi connectivity index (χ2n) is 2.63. The SMILES string of the molecule is O=C(CBr)c1cccc(SC(F)(F)F)c1. The molecule has 0 heterocycles. The van der Waals surface area contributed by atoms with E-state index in [0.29, 0.717) is 0 Å².